The summed E-state index contributed by atoms with van der Waals surface area (Å²) in [4.78, 5) is 21.3. The van der Waals surface area contributed by atoms with Gasteiger partial charge in [0.2, 0.25) is 5.91 Å². The van der Waals surface area contributed by atoms with Gasteiger partial charge in [-0.15, -0.1) is 0 Å². The van der Waals surface area contributed by atoms with Gasteiger partial charge in [0.15, 0.2) is 0 Å². The maximum absolute atomic E-state index is 12.5. The van der Waals surface area contributed by atoms with Crippen LogP contribution in [0.5, 0.6) is 0 Å². The van der Waals surface area contributed by atoms with Crippen molar-refractivity contribution in [1.82, 2.24) is 9.88 Å². The number of amides is 1. The summed E-state index contributed by atoms with van der Waals surface area (Å²) in [6.07, 6.45) is 1.82. The predicted molar refractivity (Wildman–Crippen MR) is 100 cm³/mol. The van der Waals surface area contributed by atoms with Crippen LogP contribution in [0.2, 0.25) is 0 Å². The van der Waals surface area contributed by atoms with Gasteiger partial charge in [0.05, 0.1) is 6.04 Å². The van der Waals surface area contributed by atoms with Crippen molar-refractivity contribution in [3.8, 4) is 0 Å². The Morgan fingerprint density at radius 2 is 1.83 bits per heavy atom. The number of carbonyl (C=O) groups excluding carboxylic acids is 1. The molecule has 1 aromatic heterocycles. The zero-order valence-electron chi connectivity index (χ0n) is 13.7. The van der Waals surface area contributed by atoms with Gasteiger partial charge in [-0.1, -0.05) is 22.0 Å². The second kappa shape index (κ2) is 7.77. The van der Waals surface area contributed by atoms with Gasteiger partial charge in [-0.3, -0.25) is 9.69 Å². The zero-order chi connectivity index (χ0) is 16.9. The molecule has 2 heterocycles. The van der Waals surface area contributed by atoms with Gasteiger partial charge in [-0.25, -0.2) is 4.98 Å². The maximum atomic E-state index is 12.5. The Hall–Kier alpha value is -1.92. The van der Waals surface area contributed by atoms with Crippen molar-refractivity contribution >= 4 is 33.3 Å². The molecule has 5 nitrogen and oxygen atoms in total. The van der Waals surface area contributed by atoms with E-state index in [1.165, 1.54) is 0 Å². The molecular formula is C18H21BrN4O. The molecule has 0 spiro atoms. The summed E-state index contributed by atoms with van der Waals surface area (Å²) in [5.41, 5.74) is 0.821. The second-order valence-electron chi connectivity index (χ2n) is 5.88. The molecule has 1 atom stereocenters. The van der Waals surface area contributed by atoms with E-state index in [9.17, 15) is 4.79 Å². The number of piperazine rings is 1. The van der Waals surface area contributed by atoms with Crippen molar-refractivity contribution in [3.05, 3.63) is 53.1 Å². The summed E-state index contributed by atoms with van der Waals surface area (Å²) < 4.78 is 0.999. The average molecular weight is 389 g/mol. The second-order valence-corrected chi connectivity index (χ2v) is 6.80. The van der Waals surface area contributed by atoms with Crippen LogP contribution in [0, 0.1) is 0 Å². The van der Waals surface area contributed by atoms with E-state index in [-0.39, 0.29) is 11.9 Å². The maximum Gasteiger partial charge on any atom is 0.241 e. The number of pyridine rings is 1. The SMILES string of the molecule is C[C@@H](C(=O)Nc1ccc(Br)cc1)N1CCN(c2ccccn2)CC1. The van der Waals surface area contributed by atoms with Crippen LogP contribution < -0.4 is 10.2 Å². The van der Waals surface area contributed by atoms with E-state index in [2.05, 4.69) is 36.0 Å². The molecule has 0 radical (unpaired) electrons. The first-order valence-electron chi connectivity index (χ1n) is 8.10. The van der Waals surface area contributed by atoms with Crippen LogP contribution in [0.25, 0.3) is 0 Å². The Balaban J connectivity index is 1.53. The van der Waals surface area contributed by atoms with Crippen LogP contribution in [0.4, 0.5) is 11.5 Å². The Bertz CT molecular complexity index is 669. The molecule has 0 bridgehead atoms. The van der Waals surface area contributed by atoms with Gasteiger partial charge >= 0.3 is 0 Å². The minimum Gasteiger partial charge on any atom is -0.354 e. The van der Waals surface area contributed by atoms with Crippen LogP contribution >= 0.6 is 15.9 Å². The van der Waals surface area contributed by atoms with Crippen molar-refractivity contribution in [3.63, 3.8) is 0 Å². The molecule has 1 aromatic carbocycles. The fourth-order valence-electron chi connectivity index (χ4n) is 2.82. The molecule has 126 valence electrons. The van der Waals surface area contributed by atoms with Crippen LogP contribution in [0.3, 0.4) is 0 Å². The molecule has 1 saturated heterocycles. The highest BCUT2D eigenvalue weighted by molar-refractivity contribution is 9.10. The van der Waals surface area contributed by atoms with Crippen LogP contribution in [-0.4, -0.2) is 48.0 Å². The molecular weight excluding hydrogens is 368 g/mol. The fraction of sp³-hybridized carbons (Fsp3) is 0.333. The van der Waals surface area contributed by atoms with Crippen LogP contribution in [-0.2, 0) is 4.79 Å². The normalized spacial score (nSPS) is 16.7. The third kappa shape index (κ3) is 4.13. The number of hydrogen-bond acceptors (Lipinski definition) is 4. The summed E-state index contributed by atoms with van der Waals surface area (Å²) in [7, 11) is 0. The van der Waals surface area contributed by atoms with E-state index in [1.807, 2.05) is 55.6 Å². The molecule has 2 aromatic rings. The lowest BCUT2D eigenvalue weighted by Gasteiger charge is -2.37. The predicted octanol–water partition coefficient (Wildman–Crippen LogP) is 2.99. The summed E-state index contributed by atoms with van der Waals surface area (Å²) in [6, 6.07) is 13.4. The first-order valence-corrected chi connectivity index (χ1v) is 8.89. The molecule has 24 heavy (non-hydrogen) atoms. The molecule has 6 heteroatoms. The van der Waals surface area contributed by atoms with Crippen LogP contribution in [0.1, 0.15) is 6.92 Å². The lowest BCUT2D eigenvalue weighted by molar-refractivity contribution is -0.120. The molecule has 1 amide bonds. The number of rotatable bonds is 4. The van der Waals surface area contributed by atoms with Gasteiger partial charge in [0, 0.05) is 42.5 Å². The minimum atomic E-state index is -0.153. The number of benzene rings is 1. The Morgan fingerprint density at radius 3 is 2.46 bits per heavy atom. The van der Waals surface area contributed by atoms with Crippen molar-refractivity contribution in [2.75, 3.05) is 36.4 Å². The summed E-state index contributed by atoms with van der Waals surface area (Å²) in [5, 5.41) is 2.98. The van der Waals surface area contributed by atoms with Gasteiger partial charge < -0.3 is 10.2 Å². The van der Waals surface area contributed by atoms with Gasteiger partial charge in [-0.05, 0) is 43.3 Å². The Kier molecular flexibility index (Phi) is 5.48. The summed E-state index contributed by atoms with van der Waals surface area (Å²) >= 11 is 3.40. The van der Waals surface area contributed by atoms with E-state index in [1.54, 1.807) is 0 Å². The highest BCUT2D eigenvalue weighted by Crippen LogP contribution is 2.17. The summed E-state index contributed by atoms with van der Waals surface area (Å²) in [6.45, 7) is 5.43. The highest BCUT2D eigenvalue weighted by atomic mass is 79.9. The molecule has 1 fully saturated rings. The Labute approximate surface area is 150 Å². The lowest BCUT2D eigenvalue weighted by atomic mass is 10.2. The molecule has 0 aliphatic carbocycles. The number of nitrogens with zero attached hydrogens (tertiary/aromatic N) is 3. The number of halogens is 1. The third-order valence-electron chi connectivity index (χ3n) is 4.33. The molecule has 3 rings (SSSR count). The Morgan fingerprint density at radius 1 is 1.12 bits per heavy atom. The van der Waals surface area contributed by atoms with Gasteiger partial charge in [0.25, 0.3) is 0 Å². The van der Waals surface area contributed by atoms with E-state index in [0.717, 1.165) is 42.2 Å². The third-order valence-corrected chi connectivity index (χ3v) is 4.86. The quantitative estimate of drug-likeness (QED) is 0.874. The molecule has 1 N–H and O–H groups in total. The monoisotopic (exact) mass is 388 g/mol. The summed E-state index contributed by atoms with van der Waals surface area (Å²) in [5.74, 6) is 1.03. The minimum absolute atomic E-state index is 0.0311. The van der Waals surface area contributed by atoms with Gasteiger partial charge in [0.1, 0.15) is 5.82 Å². The number of nitrogens with one attached hydrogen (secondary N) is 1. The fourth-order valence-corrected chi connectivity index (χ4v) is 3.09. The van der Waals surface area contributed by atoms with Gasteiger partial charge in [-0.2, -0.15) is 0 Å². The van der Waals surface area contributed by atoms with Crippen LogP contribution in [0.15, 0.2) is 53.1 Å². The average Bonchev–Trinajstić information content (AvgIpc) is 2.64. The number of carbonyl (C=O) groups is 1. The van der Waals surface area contributed by atoms with Crippen molar-refractivity contribution < 1.29 is 4.79 Å². The molecule has 1 aliphatic rings. The van der Waals surface area contributed by atoms with Crippen molar-refractivity contribution in [2.45, 2.75) is 13.0 Å². The standard InChI is InChI=1S/C18H21BrN4O/c1-14(18(24)21-16-7-5-15(19)6-8-16)22-10-12-23(13-11-22)17-4-2-3-9-20-17/h2-9,14H,10-13H2,1H3,(H,21,24)/t14-/m0/s1. The van der Waals surface area contributed by atoms with E-state index < -0.39 is 0 Å². The number of hydrogen-bond donors (Lipinski definition) is 1. The van der Waals surface area contributed by atoms with Crippen molar-refractivity contribution in [1.29, 1.82) is 0 Å². The first kappa shape index (κ1) is 16.9. The van der Waals surface area contributed by atoms with E-state index >= 15 is 0 Å². The molecule has 1 aliphatic heterocycles. The van der Waals surface area contributed by atoms with E-state index in [4.69, 9.17) is 0 Å². The molecule has 0 saturated carbocycles. The smallest absolute Gasteiger partial charge is 0.241 e. The topological polar surface area (TPSA) is 48.5 Å². The largest absolute Gasteiger partial charge is 0.354 e. The lowest BCUT2D eigenvalue weighted by Crippen LogP contribution is -2.53. The van der Waals surface area contributed by atoms with E-state index in [0.29, 0.717) is 0 Å². The van der Waals surface area contributed by atoms with Crippen molar-refractivity contribution in [2.24, 2.45) is 0 Å². The zero-order valence-corrected chi connectivity index (χ0v) is 15.2. The number of anilines is 2. The molecule has 0 unspecified atom stereocenters. The first-order chi connectivity index (χ1) is 11.6. The number of aromatic nitrogens is 1. The highest BCUT2D eigenvalue weighted by Gasteiger charge is 2.26.